The minimum Gasteiger partial charge on any atom is -0.423 e. The molecule has 64 valence electrons. The molecule has 0 spiro atoms. The van der Waals surface area contributed by atoms with Gasteiger partial charge in [0.05, 0.1) is 0 Å². The highest BCUT2D eigenvalue weighted by atomic mass is 127. The molecule has 0 fully saturated rings. The molecule has 1 aromatic rings. The van der Waals surface area contributed by atoms with E-state index in [-0.39, 0.29) is 10.5 Å². The lowest BCUT2D eigenvalue weighted by atomic mass is 9.80. The van der Waals surface area contributed by atoms with Crippen LogP contribution in [0.15, 0.2) is 12.1 Å². The average molecular weight is 300 g/mol. The highest BCUT2D eigenvalue weighted by molar-refractivity contribution is 14.1. The molecule has 0 saturated heterocycles. The van der Waals surface area contributed by atoms with Crippen LogP contribution in [0.5, 0.6) is 0 Å². The molecule has 12 heavy (non-hydrogen) atoms. The Morgan fingerprint density at radius 2 is 2.00 bits per heavy atom. The van der Waals surface area contributed by atoms with Gasteiger partial charge in [0.15, 0.2) is 0 Å². The standard InChI is InChI=1S/C6H4BClFIO2/c8-4-1-3(10)2-5(9)6(4)7(11)12/h1-2,11-12H. The van der Waals surface area contributed by atoms with Crippen molar-refractivity contribution in [1.29, 1.82) is 0 Å². The Morgan fingerprint density at radius 1 is 1.42 bits per heavy atom. The summed E-state index contributed by atoms with van der Waals surface area (Å²) in [6, 6.07) is 2.64. The first-order chi connectivity index (χ1) is 5.52. The summed E-state index contributed by atoms with van der Waals surface area (Å²) < 4.78 is 13.6. The Balaban J connectivity index is 3.28. The van der Waals surface area contributed by atoms with Crippen LogP contribution in [0.25, 0.3) is 0 Å². The van der Waals surface area contributed by atoms with Gasteiger partial charge < -0.3 is 10.0 Å². The molecule has 0 aliphatic heterocycles. The van der Waals surface area contributed by atoms with Gasteiger partial charge in [0.1, 0.15) is 5.82 Å². The van der Waals surface area contributed by atoms with E-state index >= 15 is 0 Å². The maximum atomic E-state index is 13.0. The lowest BCUT2D eigenvalue weighted by molar-refractivity contribution is 0.423. The van der Waals surface area contributed by atoms with Crippen molar-refractivity contribution in [3.63, 3.8) is 0 Å². The van der Waals surface area contributed by atoms with Gasteiger partial charge in [0.2, 0.25) is 0 Å². The minimum absolute atomic E-state index is 0.0226. The van der Waals surface area contributed by atoms with Gasteiger partial charge >= 0.3 is 7.12 Å². The number of hydrogen-bond donors (Lipinski definition) is 2. The maximum absolute atomic E-state index is 13.0. The number of benzene rings is 1. The highest BCUT2D eigenvalue weighted by Crippen LogP contribution is 2.14. The van der Waals surface area contributed by atoms with E-state index in [0.29, 0.717) is 3.57 Å². The summed E-state index contributed by atoms with van der Waals surface area (Å²) in [5.74, 6) is -0.707. The van der Waals surface area contributed by atoms with Crippen LogP contribution >= 0.6 is 34.2 Å². The van der Waals surface area contributed by atoms with Crippen LogP contribution in [0.1, 0.15) is 0 Å². The monoisotopic (exact) mass is 300 g/mol. The first-order valence-corrected chi connectivity index (χ1v) is 4.48. The Labute approximate surface area is 87.6 Å². The molecule has 1 rings (SSSR count). The van der Waals surface area contributed by atoms with Crippen molar-refractivity contribution in [2.45, 2.75) is 0 Å². The molecule has 0 aromatic heterocycles. The van der Waals surface area contributed by atoms with E-state index in [1.54, 1.807) is 0 Å². The van der Waals surface area contributed by atoms with Crippen molar-refractivity contribution in [2.75, 3.05) is 0 Å². The van der Waals surface area contributed by atoms with E-state index in [2.05, 4.69) is 0 Å². The topological polar surface area (TPSA) is 40.5 Å². The summed E-state index contributed by atoms with van der Waals surface area (Å²) in [7, 11) is -1.87. The van der Waals surface area contributed by atoms with Gasteiger partial charge in [-0.2, -0.15) is 0 Å². The predicted molar refractivity (Wildman–Crippen MR) is 54.0 cm³/mol. The van der Waals surface area contributed by atoms with Gasteiger partial charge in [-0.05, 0) is 34.7 Å². The SMILES string of the molecule is OB(O)c1c(F)cc(I)cc1Cl. The molecule has 2 N–H and O–H groups in total. The van der Waals surface area contributed by atoms with Crippen LogP contribution in [0.3, 0.4) is 0 Å². The highest BCUT2D eigenvalue weighted by Gasteiger charge is 2.20. The second kappa shape index (κ2) is 3.91. The summed E-state index contributed by atoms with van der Waals surface area (Å²) >= 11 is 7.45. The van der Waals surface area contributed by atoms with Crippen LogP contribution < -0.4 is 5.46 Å². The van der Waals surface area contributed by atoms with Gasteiger partial charge in [-0.25, -0.2) is 4.39 Å². The lowest BCUT2D eigenvalue weighted by Crippen LogP contribution is -2.33. The van der Waals surface area contributed by atoms with Crippen molar-refractivity contribution in [3.05, 3.63) is 26.5 Å². The zero-order valence-corrected chi connectivity index (χ0v) is 8.67. The predicted octanol–water partition coefficient (Wildman–Crippen LogP) is 0.764. The fraction of sp³-hybridized carbons (Fsp3) is 0. The summed E-state index contributed by atoms with van der Waals surface area (Å²) in [6.07, 6.45) is 0. The molecule has 1 aromatic carbocycles. The largest absolute Gasteiger partial charge is 0.492 e. The molecule has 0 radical (unpaired) electrons. The Bertz CT molecular complexity index is 285. The maximum Gasteiger partial charge on any atom is 0.492 e. The molecular weight excluding hydrogens is 296 g/mol. The smallest absolute Gasteiger partial charge is 0.423 e. The molecule has 6 heteroatoms. The third-order valence-corrected chi connectivity index (χ3v) is 2.24. The third kappa shape index (κ3) is 2.10. The zero-order valence-electron chi connectivity index (χ0n) is 5.76. The van der Waals surface area contributed by atoms with E-state index < -0.39 is 12.9 Å². The summed E-state index contributed by atoms with van der Waals surface area (Å²) in [5, 5.41) is 17.4. The number of rotatable bonds is 1. The minimum atomic E-state index is -1.87. The summed E-state index contributed by atoms with van der Waals surface area (Å²) in [6.45, 7) is 0. The van der Waals surface area contributed by atoms with E-state index in [1.807, 2.05) is 22.6 Å². The molecule has 0 atom stereocenters. The molecule has 0 unspecified atom stereocenters. The van der Waals surface area contributed by atoms with Crippen molar-refractivity contribution in [3.8, 4) is 0 Å². The van der Waals surface area contributed by atoms with Crippen LogP contribution in [-0.2, 0) is 0 Å². The van der Waals surface area contributed by atoms with Gasteiger partial charge in [-0.15, -0.1) is 0 Å². The van der Waals surface area contributed by atoms with Gasteiger partial charge in [-0.3, -0.25) is 0 Å². The molecule has 0 heterocycles. The van der Waals surface area contributed by atoms with Crippen LogP contribution in [-0.4, -0.2) is 17.2 Å². The molecule has 2 nitrogen and oxygen atoms in total. The van der Waals surface area contributed by atoms with Crippen LogP contribution in [0, 0.1) is 9.39 Å². The third-order valence-electron chi connectivity index (χ3n) is 1.30. The Hall–Kier alpha value is 0.155. The van der Waals surface area contributed by atoms with Crippen molar-refractivity contribution < 1.29 is 14.4 Å². The molecule has 0 amide bonds. The molecular formula is C6H4BClFIO2. The van der Waals surface area contributed by atoms with Gasteiger partial charge in [-0.1, -0.05) is 11.6 Å². The molecule has 0 aliphatic carbocycles. The normalized spacial score (nSPS) is 10.1. The quantitative estimate of drug-likeness (QED) is 0.594. The molecule has 0 saturated carbocycles. The zero-order chi connectivity index (χ0) is 9.30. The number of halogens is 3. The van der Waals surface area contributed by atoms with Crippen molar-refractivity contribution in [1.82, 2.24) is 0 Å². The van der Waals surface area contributed by atoms with Gasteiger partial charge in [0, 0.05) is 14.1 Å². The Kier molecular flexibility index (Phi) is 3.33. The van der Waals surface area contributed by atoms with E-state index in [0.717, 1.165) is 0 Å². The van der Waals surface area contributed by atoms with E-state index in [4.69, 9.17) is 21.6 Å². The number of hydrogen-bond acceptors (Lipinski definition) is 2. The van der Waals surface area contributed by atoms with Gasteiger partial charge in [0.25, 0.3) is 0 Å². The first kappa shape index (κ1) is 10.2. The average Bonchev–Trinajstić information content (AvgIpc) is 1.82. The van der Waals surface area contributed by atoms with E-state index in [9.17, 15) is 4.39 Å². The molecule has 0 aliphatic rings. The van der Waals surface area contributed by atoms with E-state index in [1.165, 1.54) is 12.1 Å². The summed E-state index contributed by atoms with van der Waals surface area (Å²) in [4.78, 5) is 0. The lowest BCUT2D eigenvalue weighted by Gasteiger charge is -2.04. The second-order valence-corrected chi connectivity index (χ2v) is 3.81. The fourth-order valence-electron chi connectivity index (χ4n) is 0.800. The van der Waals surface area contributed by atoms with Crippen LogP contribution in [0.2, 0.25) is 5.02 Å². The van der Waals surface area contributed by atoms with Crippen molar-refractivity contribution in [2.24, 2.45) is 0 Å². The summed E-state index contributed by atoms with van der Waals surface area (Å²) in [5.41, 5.74) is -0.280. The fourth-order valence-corrected chi connectivity index (χ4v) is 1.87. The Morgan fingerprint density at radius 3 is 2.42 bits per heavy atom. The van der Waals surface area contributed by atoms with Crippen LogP contribution in [0.4, 0.5) is 4.39 Å². The van der Waals surface area contributed by atoms with Crippen molar-refractivity contribution >= 4 is 46.8 Å². The first-order valence-electron chi connectivity index (χ1n) is 3.03. The second-order valence-electron chi connectivity index (χ2n) is 2.16. The molecule has 0 bridgehead atoms.